The largest absolute Gasteiger partial charge is 0.497 e. The van der Waals surface area contributed by atoms with E-state index in [1.807, 2.05) is 18.2 Å². The van der Waals surface area contributed by atoms with Crippen molar-refractivity contribution in [1.82, 2.24) is 5.32 Å². The fraction of sp³-hybridized carbons (Fsp3) is 0.412. The second-order valence-electron chi connectivity index (χ2n) is 4.95. The molecule has 1 aromatic carbocycles. The van der Waals surface area contributed by atoms with Crippen LogP contribution in [0.1, 0.15) is 36.3 Å². The molecule has 1 unspecified atom stereocenters. The average Bonchev–Trinajstić information content (AvgIpc) is 2.97. The molecule has 0 saturated carbocycles. The Hall–Kier alpha value is -1.74. The van der Waals surface area contributed by atoms with Crippen LogP contribution in [-0.2, 0) is 6.42 Å². The van der Waals surface area contributed by atoms with Gasteiger partial charge in [-0.1, -0.05) is 13.0 Å². The first-order valence-corrected chi connectivity index (χ1v) is 7.15. The normalized spacial score (nSPS) is 12.3. The van der Waals surface area contributed by atoms with Crippen molar-refractivity contribution in [3.8, 4) is 5.75 Å². The van der Waals surface area contributed by atoms with Gasteiger partial charge >= 0.3 is 0 Å². The lowest BCUT2D eigenvalue weighted by Gasteiger charge is -2.20. The molecule has 108 valence electrons. The second-order valence-corrected chi connectivity index (χ2v) is 4.95. The lowest BCUT2D eigenvalue weighted by Crippen LogP contribution is -2.22. The fourth-order valence-corrected chi connectivity index (χ4v) is 2.52. The van der Waals surface area contributed by atoms with Crippen LogP contribution in [0.3, 0.4) is 0 Å². The van der Waals surface area contributed by atoms with Gasteiger partial charge in [-0.25, -0.2) is 0 Å². The van der Waals surface area contributed by atoms with E-state index < -0.39 is 0 Å². The summed E-state index contributed by atoms with van der Waals surface area (Å²) in [5.74, 6) is 1.95. The van der Waals surface area contributed by atoms with Gasteiger partial charge < -0.3 is 14.5 Å². The number of nitrogens with one attached hydrogen (secondary N) is 1. The van der Waals surface area contributed by atoms with Crippen molar-refractivity contribution in [3.63, 3.8) is 0 Å². The van der Waals surface area contributed by atoms with E-state index in [-0.39, 0.29) is 0 Å². The smallest absolute Gasteiger partial charge is 0.119 e. The minimum absolute atomic E-state index is 0.344. The van der Waals surface area contributed by atoms with Crippen molar-refractivity contribution < 1.29 is 9.15 Å². The third kappa shape index (κ3) is 3.64. The summed E-state index contributed by atoms with van der Waals surface area (Å²) in [5, 5.41) is 3.56. The summed E-state index contributed by atoms with van der Waals surface area (Å²) in [7, 11) is 1.70. The summed E-state index contributed by atoms with van der Waals surface area (Å²) in [6, 6.07) is 10.6. The second kappa shape index (κ2) is 7.15. The number of rotatable bonds is 7. The minimum Gasteiger partial charge on any atom is -0.497 e. The number of hydrogen-bond acceptors (Lipinski definition) is 3. The zero-order chi connectivity index (χ0) is 14.4. The molecule has 0 amide bonds. The molecule has 1 atom stereocenters. The van der Waals surface area contributed by atoms with E-state index in [2.05, 4.69) is 31.3 Å². The van der Waals surface area contributed by atoms with Crippen LogP contribution >= 0.6 is 0 Å². The predicted octanol–water partition coefficient (Wildman–Crippen LogP) is 3.88. The SMILES string of the molecule is CCNC(CCc1ccco1)c1ccc(OC)cc1C. The zero-order valence-corrected chi connectivity index (χ0v) is 12.5. The highest BCUT2D eigenvalue weighted by atomic mass is 16.5. The van der Waals surface area contributed by atoms with Crippen LogP contribution < -0.4 is 10.1 Å². The Morgan fingerprint density at radius 1 is 1.30 bits per heavy atom. The molecule has 0 bridgehead atoms. The molecule has 3 nitrogen and oxygen atoms in total. The fourth-order valence-electron chi connectivity index (χ4n) is 2.52. The standard InChI is InChI=1S/C17H23NO2/c1-4-18-17(10-8-14-6-5-11-20-14)16-9-7-15(19-3)12-13(16)2/h5-7,9,11-12,17-18H,4,8,10H2,1-3H3. The van der Waals surface area contributed by atoms with Gasteiger partial charge in [0.2, 0.25) is 0 Å². The molecule has 2 aromatic rings. The van der Waals surface area contributed by atoms with E-state index in [9.17, 15) is 0 Å². The summed E-state index contributed by atoms with van der Waals surface area (Å²) in [4.78, 5) is 0. The molecule has 1 N–H and O–H groups in total. The van der Waals surface area contributed by atoms with Crippen molar-refractivity contribution >= 4 is 0 Å². The number of furan rings is 1. The Labute approximate surface area is 121 Å². The van der Waals surface area contributed by atoms with Gasteiger partial charge in [-0.2, -0.15) is 0 Å². The van der Waals surface area contributed by atoms with Gasteiger partial charge in [0.05, 0.1) is 13.4 Å². The lowest BCUT2D eigenvalue weighted by molar-refractivity contribution is 0.413. The van der Waals surface area contributed by atoms with Crippen LogP contribution in [0.2, 0.25) is 0 Å². The van der Waals surface area contributed by atoms with Gasteiger partial charge in [0.15, 0.2) is 0 Å². The molecule has 0 aliphatic rings. The van der Waals surface area contributed by atoms with E-state index in [1.54, 1.807) is 13.4 Å². The lowest BCUT2D eigenvalue weighted by atomic mass is 9.96. The molecule has 1 aromatic heterocycles. The third-order valence-corrected chi connectivity index (χ3v) is 3.56. The number of methoxy groups -OCH3 is 1. The Balaban J connectivity index is 2.11. The molecule has 0 saturated heterocycles. The first-order chi connectivity index (χ1) is 9.74. The van der Waals surface area contributed by atoms with Gasteiger partial charge in [-0.15, -0.1) is 0 Å². The van der Waals surface area contributed by atoms with Crippen LogP contribution in [0, 0.1) is 6.92 Å². The van der Waals surface area contributed by atoms with Gasteiger partial charge in [0.1, 0.15) is 11.5 Å². The van der Waals surface area contributed by atoms with E-state index >= 15 is 0 Å². The molecule has 0 radical (unpaired) electrons. The van der Waals surface area contributed by atoms with Crippen LogP contribution in [-0.4, -0.2) is 13.7 Å². The maximum Gasteiger partial charge on any atom is 0.119 e. The van der Waals surface area contributed by atoms with Crippen molar-refractivity contribution in [2.75, 3.05) is 13.7 Å². The minimum atomic E-state index is 0.344. The quantitative estimate of drug-likeness (QED) is 0.831. The molecule has 0 fully saturated rings. The predicted molar refractivity (Wildman–Crippen MR) is 81.2 cm³/mol. The average molecular weight is 273 g/mol. The van der Waals surface area contributed by atoms with Crippen molar-refractivity contribution in [3.05, 3.63) is 53.5 Å². The van der Waals surface area contributed by atoms with Gasteiger partial charge in [-0.3, -0.25) is 0 Å². The summed E-state index contributed by atoms with van der Waals surface area (Å²) < 4.78 is 10.7. The number of ether oxygens (including phenoxy) is 1. The van der Waals surface area contributed by atoms with Crippen LogP contribution in [0.4, 0.5) is 0 Å². The maximum atomic E-state index is 5.42. The number of hydrogen-bond donors (Lipinski definition) is 1. The topological polar surface area (TPSA) is 34.4 Å². The number of benzene rings is 1. The van der Waals surface area contributed by atoms with Gasteiger partial charge in [0.25, 0.3) is 0 Å². The molecule has 20 heavy (non-hydrogen) atoms. The van der Waals surface area contributed by atoms with E-state index in [0.29, 0.717) is 6.04 Å². The van der Waals surface area contributed by atoms with Crippen LogP contribution in [0.15, 0.2) is 41.0 Å². The van der Waals surface area contributed by atoms with Crippen molar-refractivity contribution in [2.24, 2.45) is 0 Å². The maximum absolute atomic E-state index is 5.42. The monoisotopic (exact) mass is 273 g/mol. The Morgan fingerprint density at radius 3 is 2.75 bits per heavy atom. The molecular formula is C17H23NO2. The molecular weight excluding hydrogens is 250 g/mol. The Morgan fingerprint density at radius 2 is 2.15 bits per heavy atom. The summed E-state index contributed by atoms with van der Waals surface area (Å²) in [5.41, 5.74) is 2.59. The van der Waals surface area contributed by atoms with Crippen LogP contribution in [0.5, 0.6) is 5.75 Å². The first-order valence-electron chi connectivity index (χ1n) is 7.15. The first kappa shape index (κ1) is 14.7. The van der Waals surface area contributed by atoms with Gasteiger partial charge in [-0.05, 0) is 55.3 Å². The zero-order valence-electron chi connectivity index (χ0n) is 12.5. The highest BCUT2D eigenvalue weighted by molar-refractivity contribution is 5.36. The molecule has 2 rings (SSSR count). The number of aryl methyl sites for hydroxylation is 2. The summed E-state index contributed by atoms with van der Waals surface area (Å²) in [6.07, 6.45) is 3.70. The summed E-state index contributed by atoms with van der Waals surface area (Å²) in [6.45, 7) is 5.22. The molecule has 3 heteroatoms. The van der Waals surface area contributed by atoms with Gasteiger partial charge in [0, 0.05) is 12.5 Å². The Kier molecular flexibility index (Phi) is 5.24. The van der Waals surface area contributed by atoms with Crippen LogP contribution in [0.25, 0.3) is 0 Å². The van der Waals surface area contributed by atoms with Crippen molar-refractivity contribution in [2.45, 2.75) is 32.7 Å². The molecule has 0 aliphatic heterocycles. The Bertz CT molecular complexity index is 520. The molecule has 1 heterocycles. The van der Waals surface area contributed by atoms with E-state index in [1.165, 1.54) is 11.1 Å². The summed E-state index contributed by atoms with van der Waals surface area (Å²) >= 11 is 0. The highest BCUT2D eigenvalue weighted by Gasteiger charge is 2.14. The van der Waals surface area contributed by atoms with E-state index in [4.69, 9.17) is 9.15 Å². The molecule has 0 aliphatic carbocycles. The van der Waals surface area contributed by atoms with E-state index in [0.717, 1.165) is 30.9 Å². The molecule has 0 spiro atoms. The highest BCUT2D eigenvalue weighted by Crippen LogP contribution is 2.26. The third-order valence-electron chi connectivity index (χ3n) is 3.56. The van der Waals surface area contributed by atoms with Crippen molar-refractivity contribution in [1.29, 1.82) is 0 Å².